The van der Waals surface area contributed by atoms with Crippen molar-refractivity contribution < 1.29 is 9.53 Å². The lowest BCUT2D eigenvalue weighted by atomic mass is 10.2. The van der Waals surface area contributed by atoms with Gasteiger partial charge in [-0.1, -0.05) is 30.3 Å². The van der Waals surface area contributed by atoms with Crippen molar-refractivity contribution in [3.63, 3.8) is 0 Å². The third kappa shape index (κ3) is 4.81. The zero-order valence-corrected chi connectivity index (χ0v) is 14.7. The summed E-state index contributed by atoms with van der Waals surface area (Å²) in [6.45, 7) is 3.07. The van der Waals surface area contributed by atoms with Gasteiger partial charge in [0.15, 0.2) is 5.13 Å². The predicted octanol–water partition coefficient (Wildman–Crippen LogP) is 4.53. The molecule has 0 unspecified atom stereocenters. The molecular formula is C19H19N3O2S. The number of hydrogen-bond acceptors (Lipinski definition) is 4. The largest absolute Gasteiger partial charge is 0.494 e. The zero-order chi connectivity index (χ0) is 17.5. The molecule has 3 aromatic rings. The van der Waals surface area contributed by atoms with Crippen LogP contribution in [0.5, 0.6) is 5.75 Å². The Morgan fingerprint density at radius 1 is 1.12 bits per heavy atom. The molecule has 128 valence electrons. The first-order valence-corrected chi connectivity index (χ1v) is 8.90. The van der Waals surface area contributed by atoms with Gasteiger partial charge in [0.05, 0.1) is 12.3 Å². The van der Waals surface area contributed by atoms with Gasteiger partial charge in [0.25, 0.3) is 0 Å². The van der Waals surface area contributed by atoms with Crippen LogP contribution in [0.3, 0.4) is 0 Å². The highest BCUT2D eigenvalue weighted by Gasteiger charge is 2.08. The van der Waals surface area contributed by atoms with Crippen LogP contribution in [0.25, 0.3) is 11.3 Å². The van der Waals surface area contributed by atoms with Gasteiger partial charge in [-0.05, 0) is 36.8 Å². The van der Waals surface area contributed by atoms with E-state index in [1.54, 1.807) is 0 Å². The molecule has 0 atom stereocenters. The molecular weight excluding hydrogens is 334 g/mol. The van der Waals surface area contributed by atoms with Crippen molar-refractivity contribution in [2.24, 2.45) is 0 Å². The molecule has 0 aliphatic heterocycles. The summed E-state index contributed by atoms with van der Waals surface area (Å²) in [6, 6.07) is 17.2. The average molecular weight is 353 g/mol. The number of hydrogen-bond donors (Lipinski definition) is 2. The second-order valence-corrected chi connectivity index (χ2v) is 6.15. The molecule has 2 N–H and O–H groups in total. The maximum atomic E-state index is 12.0. The number of anilines is 1. The van der Waals surface area contributed by atoms with Gasteiger partial charge < -0.3 is 10.1 Å². The molecule has 0 aliphatic rings. The number of amides is 2. The Morgan fingerprint density at radius 3 is 2.60 bits per heavy atom. The van der Waals surface area contributed by atoms with Gasteiger partial charge >= 0.3 is 6.03 Å². The van der Waals surface area contributed by atoms with E-state index >= 15 is 0 Å². The van der Waals surface area contributed by atoms with E-state index in [0.29, 0.717) is 18.3 Å². The maximum absolute atomic E-state index is 12.0. The van der Waals surface area contributed by atoms with Crippen LogP contribution in [0, 0.1) is 0 Å². The summed E-state index contributed by atoms with van der Waals surface area (Å²) in [5, 5.41) is 8.07. The molecule has 0 fully saturated rings. The fourth-order valence-corrected chi connectivity index (χ4v) is 2.99. The molecule has 2 aromatic carbocycles. The average Bonchev–Trinajstić information content (AvgIpc) is 3.10. The molecule has 25 heavy (non-hydrogen) atoms. The lowest BCUT2D eigenvalue weighted by Crippen LogP contribution is -2.28. The highest BCUT2D eigenvalue weighted by molar-refractivity contribution is 7.14. The smallest absolute Gasteiger partial charge is 0.321 e. The normalized spacial score (nSPS) is 10.3. The number of urea groups is 1. The Kier molecular flexibility index (Phi) is 5.64. The van der Waals surface area contributed by atoms with Crippen LogP contribution >= 0.6 is 11.3 Å². The number of ether oxygens (including phenoxy) is 1. The summed E-state index contributed by atoms with van der Waals surface area (Å²) in [4.78, 5) is 16.4. The van der Waals surface area contributed by atoms with Gasteiger partial charge in [-0.15, -0.1) is 11.3 Å². The second-order valence-electron chi connectivity index (χ2n) is 5.29. The number of carbonyl (C=O) groups excluding carboxylic acids is 1. The minimum Gasteiger partial charge on any atom is -0.494 e. The van der Waals surface area contributed by atoms with E-state index in [2.05, 4.69) is 15.6 Å². The third-order valence-electron chi connectivity index (χ3n) is 3.48. The number of nitrogens with one attached hydrogen (secondary N) is 2. The summed E-state index contributed by atoms with van der Waals surface area (Å²) in [6.07, 6.45) is 0. The van der Waals surface area contributed by atoms with Crippen LogP contribution in [0.1, 0.15) is 12.5 Å². The highest BCUT2D eigenvalue weighted by atomic mass is 32.1. The molecule has 0 radical (unpaired) electrons. The summed E-state index contributed by atoms with van der Waals surface area (Å²) >= 11 is 1.39. The molecule has 2 amide bonds. The van der Waals surface area contributed by atoms with Crippen molar-refractivity contribution in [2.45, 2.75) is 13.5 Å². The lowest BCUT2D eigenvalue weighted by molar-refractivity contribution is 0.251. The Bertz CT molecular complexity index is 816. The van der Waals surface area contributed by atoms with Gasteiger partial charge in [-0.3, -0.25) is 5.32 Å². The number of aromatic nitrogens is 1. The number of carbonyl (C=O) groups is 1. The zero-order valence-electron chi connectivity index (χ0n) is 13.9. The van der Waals surface area contributed by atoms with Crippen LogP contribution in [-0.2, 0) is 6.54 Å². The number of thiazole rings is 1. The van der Waals surface area contributed by atoms with Gasteiger partial charge in [-0.2, -0.15) is 0 Å². The Balaban J connectivity index is 1.56. The van der Waals surface area contributed by atoms with Crippen molar-refractivity contribution in [2.75, 3.05) is 11.9 Å². The van der Waals surface area contributed by atoms with E-state index in [9.17, 15) is 4.79 Å². The fourth-order valence-electron chi connectivity index (χ4n) is 2.27. The maximum Gasteiger partial charge on any atom is 0.321 e. The second kappa shape index (κ2) is 8.30. The molecule has 0 spiro atoms. The van der Waals surface area contributed by atoms with Crippen LogP contribution in [0.2, 0.25) is 0 Å². The number of rotatable bonds is 6. The van der Waals surface area contributed by atoms with E-state index in [1.807, 2.05) is 66.9 Å². The third-order valence-corrected chi connectivity index (χ3v) is 4.24. The summed E-state index contributed by atoms with van der Waals surface area (Å²) < 4.78 is 5.43. The first-order valence-electron chi connectivity index (χ1n) is 8.02. The molecule has 6 heteroatoms. The first kappa shape index (κ1) is 17.0. The number of nitrogens with zero attached hydrogens (tertiary/aromatic N) is 1. The topological polar surface area (TPSA) is 63.2 Å². The highest BCUT2D eigenvalue weighted by Crippen LogP contribution is 2.26. The Labute approximate surface area is 150 Å². The summed E-state index contributed by atoms with van der Waals surface area (Å²) in [7, 11) is 0. The van der Waals surface area contributed by atoms with Crippen molar-refractivity contribution >= 4 is 22.5 Å². The monoisotopic (exact) mass is 353 g/mol. The van der Waals surface area contributed by atoms with Crippen molar-refractivity contribution in [1.29, 1.82) is 0 Å². The minimum atomic E-state index is -0.267. The van der Waals surface area contributed by atoms with Gasteiger partial charge in [0, 0.05) is 17.5 Å². The van der Waals surface area contributed by atoms with Crippen LogP contribution in [0.4, 0.5) is 9.93 Å². The van der Waals surface area contributed by atoms with Gasteiger partial charge in [0.1, 0.15) is 5.75 Å². The fraction of sp³-hybridized carbons (Fsp3) is 0.158. The molecule has 0 saturated carbocycles. The van der Waals surface area contributed by atoms with E-state index in [0.717, 1.165) is 22.6 Å². The van der Waals surface area contributed by atoms with Gasteiger partial charge in [-0.25, -0.2) is 9.78 Å². The Morgan fingerprint density at radius 2 is 1.88 bits per heavy atom. The quantitative estimate of drug-likeness (QED) is 0.684. The molecule has 0 aliphatic carbocycles. The van der Waals surface area contributed by atoms with E-state index in [1.165, 1.54) is 11.3 Å². The summed E-state index contributed by atoms with van der Waals surface area (Å²) in [5.74, 6) is 0.833. The van der Waals surface area contributed by atoms with Crippen molar-refractivity contribution in [3.8, 4) is 17.0 Å². The van der Waals surface area contributed by atoms with E-state index in [4.69, 9.17) is 4.74 Å². The van der Waals surface area contributed by atoms with Crippen molar-refractivity contribution in [3.05, 3.63) is 65.5 Å². The number of benzene rings is 2. The molecule has 3 rings (SSSR count). The Hall–Kier alpha value is -2.86. The van der Waals surface area contributed by atoms with E-state index in [-0.39, 0.29) is 6.03 Å². The predicted molar refractivity (Wildman–Crippen MR) is 101 cm³/mol. The van der Waals surface area contributed by atoms with Gasteiger partial charge in [0.2, 0.25) is 0 Å². The standard InChI is InChI=1S/C19H19N3O2S/c1-2-24-16-10-8-15(9-11-16)17-13-25-19(21-17)22-18(23)20-12-14-6-4-3-5-7-14/h3-11,13H,2,12H2,1H3,(H2,20,21,22,23). The van der Waals surface area contributed by atoms with E-state index < -0.39 is 0 Å². The lowest BCUT2D eigenvalue weighted by Gasteiger charge is -2.05. The summed E-state index contributed by atoms with van der Waals surface area (Å²) in [5.41, 5.74) is 2.86. The van der Waals surface area contributed by atoms with Crippen LogP contribution < -0.4 is 15.4 Å². The minimum absolute atomic E-state index is 0.267. The molecule has 0 bridgehead atoms. The first-order chi connectivity index (χ1) is 12.2. The van der Waals surface area contributed by atoms with Crippen molar-refractivity contribution in [1.82, 2.24) is 10.3 Å². The van der Waals surface area contributed by atoms with Crippen LogP contribution in [-0.4, -0.2) is 17.6 Å². The van der Waals surface area contributed by atoms with Crippen LogP contribution in [0.15, 0.2) is 60.0 Å². The SMILES string of the molecule is CCOc1ccc(-c2csc(NC(=O)NCc3ccccc3)n2)cc1. The molecule has 0 saturated heterocycles. The molecule has 1 heterocycles. The molecule has 5 nitrogen and oxygen atoms in total. The molecule has 1 aromatic heterocycles.